The van der Waals surface area contributed by atoms with Gasteiger partial charge >= 0.3 is 0 Å². The molecule has 0 aromatic heterocycles. The number of nitrogens with two attached hydrogens (primary N) is 1. The molecule has 104 valence electrons. The first-order valence-corrected chi connectivity index (χ1v) is 7.46. The van der Waals surface area contributed by atoms with Crippen LogP contribution in [0.2, 0.25) is 0 Å². The van der Waals surface area contributed by atoms with Crippen molar-refractivity contribution in [1.82, 2.24) is 0 Å². The molecular formula is C16H24N2O. The SMILES string of the molecule is CC(N)c1cccc2c1CCN2CC1CCOCC1. The van der Waals surface area contributed by atoms with Gasteiger partial charge in [-0.25, -0.2) is 0 Å². The van der Waals surface area contributed by atoms with Crippen LogP contribution < -0.4 is 10.6 Å². The van der Waals surface area contributed by atoms with Crippen molar-refractivity contribution < 1.29 is 4.74 Å². The molecule has 1 saturated heterocycles. The monoisotopic (exact) mass is 260 g/mol. The van der Waals surface area contributed by atoms with Crippen LogP contribution in [0.15, 0.2) is 18.2 Å². The summed E-state index contributed by atoms with van der Waals surface area (Å²) in [5, 5.41) is 0. The van der Waals surface area contributed by atoms with Gasteiger partial charge in [0.05, 0.1) is 0 Å². The predicted molar refractivity (Wildman–Crippen MR) is 78.5 cm³/mol. The van der Waals surface area contributed by atoms with E-state index in [2.05, 4.69) is 30.0 Å². The van der Waals surface area contributed by atoms with E-state index in [4.69, 9.17) is 10.5 Å². The fourth-order valence-electron chi connectivity index (χ4n) is 3.38. The highest BCUT2D eigenvalue weighted by atomic mass is 16.5. The normalized spacial score (nSPS) is 21.5. The van der Waals surface area contributed by atoms with Gasteiger partial charge in [-0.1, -0.05) is 12.1 Å². The average Bonchev–Trinajstić information content (AvgIpc) is 2.83. The molecule has 1 atom stereocenters. The number of fused-ring (bicyclic) bond motifs is 1. The zero-order valence-corrected chi connectivity index (χ0v) is 11.8. The van der Waals surface area contributed by atoms with E-state index in [0.717, 1.165) is 32.1 Å². The van der Waals surface area contributed by atoms with Crippen LogP contribution in [-0.2, 0) is 11.2 Å². The van der Waals surface area contributed by atoms with Gasteiger partial charge in [0.2, 0.25) is 0 Å². The Morgan fingerprint density at radius 2 is 2.16 bits per heavy atom. The van der Waals surface area contributed by atoms with Crippen molar-refractivity contribution in [3.8, 4) is 0 Å². The highest BCUT2D eigenvalue weighted by molar-refractivity contribution is 5.61. The zero-order valence-electron chi connectivity index (χ0n) is 11.8. The molecule has 0 bridgehead atoms. The molecule has 2 N–H and O–H groups in total. The molecule has 3 rings (SSSR count). The Morgan fingerprint density at radius 3 is 2.89 bits per heavy atom. The van der Waals surface area contributed by atoms with Crippen LogP contribution in [0.1, 0.15) is 36.9 Å². The van der Waals surface area contributed by atoms with Gasteiger partial charge in [0.25, 0.3) is 0 Å². The van der Waals surface area contributed by atoms with Crippen molar-refractivity contribution >= 4 is 5.69 Å². The topological polar surface area (TPSA) is 38.5 Å². The Labute approximate surface area is 115 Å². The lowest BCUT2D eigenvalue weighted by Crippen LogP contribution is -2.31. The first kappa shape index (κ1) is 12.9. The minimum absolute atomic E-state index is 0.137. The summed E-state index contributed by atoms with van der Waals surface area (Å²) in [5.74, 6) is 0.790. The summed E-state index contributed by atoms with van der Waals surface area (Å²) in [7, 11) is 0. The molecule has 2 aliphatic heterocycles. The second kappa shape index (κ2) is 5.51. The maximum absolute atomic E-state index is 6.08. The number of ether oxygens (including phenoxy) is 1. The summed E-state index contributed by atoms with van der Waals surface area (Å²) in [4.78, 5) is 2.55. The summed E-state index contributed by atoms with van der Waals surface area (Å²) in [6.45, 7) is 6.28. The van der Waals surface area contributed by atoms with Gasteiger partial charge in [-0.15, -0.1) is 0 Å². The molecule has 0 amide bonds. The lowest BCUT2D eigenvalue weighted by molar-refractivity contribution is 0.0683. The van der Waals surface area contributed by atoms with Crippen LogP contribution in [0.3, 0.4) is 0 Å². The molecule has 1 unspecified atom stereocenters. The van der Waals surface area contributed by atoms with Crippen LogP contribution >= 0.6 is 0 Å². The van der Waals surface area contributed by atoms with Crippen molar-refractivity contribution in [2.75, 3.05) is 31.2 Å². The molecule has 0 aliphatic carbocycles. The van der Waals surface area contributed by atoms with E-state index in [1.807, 2.05) is 0 Å². The van der Waals surface area contributed by atoms with Gasteiger partial charge in [0.15, 0.2) is 0 Å². The van der Waals surface area contributed by atoms with Crippen molar-refractivity contribution in [2.24, 2.45) is 11.7 Å². The van der Waals surface area contributed by atoms with E-state index in [0.29, 0.717) is 0 Å². The van der Waals surface area contributed by atoms with E-state index in [-0.39, 0.29) is 6.04 Å². The third-order valence-corrected chi connectivity index (χ3v) is 4.47. The van der Waals surface area contributed by atoms with Crippen LogP contribution in [0, 0.1) is 5.92 Å². The highest BCUT2D eigenvalue weighted by Crippen LogP contribution is 2.34. The summed E-state index contributed by atoms with van der Waals surface area (Å²) < 4.78 is 5.45. The zero-order chi connectivity index (χ0) is 13.2. The molecule has 3 nitrogen and oxygen atoms in total. The van der Waals surface area contributed by atoms with Gasteiger partial charge in [-0.3, -0.25) is 0 Å². The minimum atomic E-state index is 0.137. The molecule has 2 aliphatic rings. The number of anilines is 1. The van der Waals surface area contributed by atoms with Gasteiger partial charge in [-0.2, -0.15) is 0 Å². The van der Waals surface area contributed by atoms with E-state index in [9.17, 15) is 0 Å². The molecule has 0 radical (unpaired) electrons. The first-order chi connectivity index (χ1) is 9.25. The van der Waals surface area contributed by atoms with E-state index in [1.54, 1.807) is 0 Å². The molecule has 0 spiro atoms. The molecule has 3 heteroatoms. The van der Waals surface area contributed by atoms with Crippen LogP contribution in [0.5, 0.6) is 0 Å². The van der Waals surface area contributed by atoms with Crippen molar-refractivity contribution in [2.45, 2.75) is 32.2 Å². The van der Waals surface area contributed by atoms with Crippen molar-refractivity contribution in [3.63, 3.8) is 0 Å². The van der Waals surface area contributed by atoms with Gasteiger partial charge < -0.3 is 15.4 Å². The van der Waals surface area contributed by atoms with Crippen molar-refractivity contribution in [1.29, 1.82) is 0 Å². The van der Waals surface area contributed by atoms with Crippen LogP contribution in [0.4, 0.5) is 5.69 Å². The largest absolute Gasteiger partial charge is 0.381 e. The molecule has 1 fully saturated rings. The summed E-state index contributed by atoms with van der Waals surface area (Å²) in [5.41, 5.74) is 10.3. The number of hydrogen-bond donors (Lipinski definition) is 1. The summed E-state index contributed by atoms with van der Waals surface area (Å²) >= 11 is 0. The van der Waals surface area contributed by atoms with Gasteiger partial charge in [-0.05, 0) is 49.3 Å². The molecular weight excluding hydrogens is 236 g/mol. The fourth-order valence-corrected chi connectivity index (χ4v) is 3.38. The Hall–Kier alpha value is -1.06. The molecule has 2 heterocycles. The van der Waals surface area contributed by atoms with Gasteiger partial charge in [0, 0.05) is 38.0 Å². The average molecular weight is 260 g/mol. The Bertz CT molecular complexity index is 438. The lowest BCUT2D eigenvalue weighted by atomic mass is 9.98. The minimum Gasteiger partial charge on any atom is -0.381 e. The van der Waals surface area contributed by atoms with Crippen LogP contribution in [-0.4, -0.2) is 26.3 Å². The fraction of sp³-hybridized carbons (Fsp3) is 0.625. The van der Waals surface area contributed by atoms with Crippen LogP contribution in [0.25, 0.3) is 0 Å². The second-order valence-electron chi connectivity index (χ2n) is 5.89. The van der Waals surface area contributed by atoms with E-state index in [1.165, 1.54) is 36.2 Å². The number of nitrogens with zero attached hydrogens (tertiary/aromatic N) is 1. The third kappa shape index (κ3) is 2.63. The van der Waals surface area contributed by atoms with E-state index >= 15 is 0 Å². The Morgan fingerprint density at radius 1 is 1.37 bits per heavy atom. The third-order valence-electron chi connectivity index (χ3n) is 4.47. The smallest absolute Gasteiger partial charge is 0.0469 e. The number of hydrogen-bond acceptors (Lipinski definition) is 3. The lowest BCUT2D eigenvalue weighted by Gasteiger charge is -2.28. The van der Waals surface area contributed by atoms with E-state index < -0.39 is 0 Å². The second-order valence-corrected chi connectivity index (χ2v) is 5.89. The molecule has 1 aromatic rings. The maximum Gasteiger partial charge on any atom is 0.0469 e. The Kier molecular flexibility index (Phi) is 3.76. The first-order valence-electron chi connectivity index (χ1n) is 7.46. The van der Waals surface area contributed by atoms with Crippen molar-refractivity contribution in [3.05, 3.63) is 29.3 Å². The summed E-state index contributed by atoms with van der Waals surface area (Å²) in [6, 6.07) is 6.73. The number of benzene rings is 1. The quantitative estimate of drug-likeness (QED) is 0.907. The predicted octanol–water partition coefficient (Wildman–Crippen LogP) is 2.50. The maximum atomic E-state index is 6.08. The highest BCUT2D eigenvalue weighted by Gasteiger charge is 2.25. The van der Waals surface area contributed by atoms with Gasteiger partial charge in [0.1, 0.15) is 0 Å². The molecule has 0 saturated carbocycles. The molecule has 1 aromatic carbocycles. The Balaban J connectivity index is 1.76. The summed E-state index contributed by atoms with van der Waals surface area (Å²) in [6.07, 6.45) is 3.56. The standard InChI is InChI=1S/C16H24N2O/c1-12(17)14-3-2-4-16-15(14)5-8-18(16)11-13-6-9-19-10-7-13/h2-4,12-13H,5-11,17H2,1H3. The molecule has 19 heavy (non-hydrogen) atoms. The number of rotatable bonds is 3.